The van der Waals surface area contributed by atoms with E-state index in [0.29, 0.717) is 12.4 Å². The van der Waals surface area contributed by atoms with E-state index in [1.807, 2.05) is 6.92 Å². The molecule has 0 spiro atoms. The van der Waals surface area contributed by atoms with Gasteiger partial charge < -0.3 is 9.64 Å². The van der Waals surface area contributed by atoms with E-state index in [-0.39, 0.29) is 12.0 Å². The van der Waals surface area contributed by atoms with Crippen LogP contribution in [0.25, 0.3) is 0 Å². The van der Waals surface area contributed by atoms with Gasteiger partial charge in [0.2, 0.25) is 11.8 Å². The van der Waals surface area contributed by atoms with E-state index in [4.69, 9.17) is 4.74 Å². The van der Waals surface area contributed by atoms with E-state index in [0.717, 1.165) is 13.0 Å². The Bertz CT molecular complexity index is 405. The molecule has 1 amide bonds. The molecule has 0 aliphatic carbocycles. The maximum Gasteiger partial charge on any atom is 0.246 e. The SMILES string of the molecule is C/C=C/C(=O)N1CC[C@H](Oc2cccnn2)C1. The smallest absolute Gasteiger partial charge is 0.246 e. The number of ether oxygens (including phenoxy) is 1. The second kappa shape index (κ2) is 5.43. The molecule has 2 rings (SSSR count). The molecule has 0 saturated carbocycles. The molecule has 1 aliphatic rings. The first-order chi connectivity index (χ1) is 8.29. The van der Waals surface area contributed by atoms with E-state index < -0.39 is 0 Å². The second-order valence-corrected chi connectivity index (χ2v) is 3.87. The van der Waals surface area contributed by atoms with Crippen molar-refractivity contribution < 1.29 is 9.53 Å². The number of carbonyl (C=O) groups excluding carboxylic acids is 1. The standard InChI is InChI=1S/C12H15N3O2/c1-2-4-12(16)15-8-6-10(9-15)17-11-5-3-7-13-14-11/h2-5,7,10H,6,8-9H2,1H3/b4-2+/t10-/m0/s1. The maximum absolute atomic E-state index is 11.6. The molecule has 5 nitrogen and oxygen atoms in total. The molecule has 90 valence electrons. The highest BCUT2D eigenvalue weighted by Gasteiger charge is 2.26. The summed E-state index contributed by atoms with van der Waals surface area (Å²) >= 11 is 0. The topological polar surface area (TPSA) is 55.3 Å². The van der Waals surface area contributed by atoms with Gasteiger partial charge in [-0.25, -0.2) is 0 Å². The van der Waals surface area contributed by atoms with Crippen molar-refractivity contribution in [3.63, 3.8) is 0 Å². The normalized spacial score (nSPS) is 19.8. The highest BCUT2D eigenvalue weighted by Crippen LogP contribution is 2.15. The van der Waals surface area contributed by atoms with Gasteiger partial charge in [0.15, 0.2) is 0 Å². The quantitative estimate of drug-likeness (QED) is 0.732. The summed E-state index contributed by atoms with van der Waals surface area (Å²) in [5.41, 5.74) is 0. The van der Waals surface area contributed by atoms with Crippen LogP contribution in [0, 0.1) is 0 Å². The van der Waals surface area contributed by atoms with Gasteiger partial charge in [0, 0.05) is 25.2 Å². The van der Waals surface area contributed by atoms with Crippen LogP contribution < -0.4 is 4.74 Å². The van der Waals surface area contributed by atoms with E-state index in [1.54, 1.807) is 35.4 Å². The Labute approximate surface area is 100 Å². The molecular weight excluding hydrogens is 218 g/mol. The fraction of sp³-hybridized carbons (Fsp3) is 0.417. The summed E-state index contributed by atoms with van der Waals surface area (Å²) in [6.45, 7) is 3.18. The third kappa shape index (κ3) is 3.03. The molecule has 1 saturated heterocycles. The number of nitrogens with zero attached hydrogens (tertiary/aromatic N) is 3. The Morgan fingerprint density at radius 3 is 3.24 bits per heavy atom. The lowest BCUT2D eigenvalue weighted by Crippen LogP contribution is -2.29. The average molecular weight is 233 g/mol. The van der Waals surface area contributed by atoms with Crippen LogP contribution in [0.5, 0.6) is 5.88 Å². The van der Waals surface area contributed by atoms with Gasteiger partial charge in [-0.05, 0) is 19.1 Å². The molecule has 0 bridgehead atoms. The van der Waals surface area contributed by atoms with Crippen molar-refractivity contribution in [2.24, 2.45) is 0 Å². The van der Waals surface area contributed by atoms with E-state index in [9.17, 15) is 4.79 Å². The van der Waals surface area contributed by atoms with Crippen LogP contribution in [0.3, 0.4) is 0 Å². The molecule has 1 aromatic rings. The predicted octanol–water partition coefficient (Wildman–Crippen LogP) is 1.03. The lowest BCUT2D eigenvalue weighted by Gasteiger charge is -2.14. The number of rotatable bonds is 3. The number of amides is 1. The fourth-order valence-corrected chi connectivity index (χ4v) is 1.79. The summed E-state index contributed by atoms with van der Waals surface area (Å²) in [5.74, 6) is 0.551. The maximum atomic E-state index is 11.6. The van der Waals surface area contributed by atoms with Crippen molar-refractivity contribution in [1.29, 1.82) is 0 Å². The zero-order chi connectivity index (χ0) is 12.1. The minimum atomic E-state index is 0.0147. The molecule has 0 aromatic carbocycles. The number of carbonyl (C=O) groups is 1. The molecule has 1 atom stereocenters. The molecule has 1 aliphatic heterocycles. The Morgan fingerprint density at radius 1 is 1.65 bits per heavy atom. The molecule has 17 heavy (non-hydrogen) atoms. The Kier molecular flexibility index (Phi) is 3.69. The Balaban J connectivity index is 1.88. The van der Waals surface area contributed by atoms with Crippen LogP contribution >= 0.6 is 0 Å². The van der Waals surface area contributed by atoms with Crippen molar-refractivity contribution in [3.8, 4) is 5.88 Å². The van der Waals surface area contributed by atoms with Crippen LogP contribution in [0.4, 0.5) is 0 Å². The summed E-state index contributed by atoms with van der Waals surface area (Å²) < 4.78 is 5.64. The van der Waals surface area contributed by atoms with Crippen LogP contribution in [0.2, 0.25) is 0 Å². The third-order valence-electron chi connectivity index (χ3n) is 2.60. The largest absolute Gasteiger partial charge is 0.471 e. The van der Waals surface area contributed by atoms with E-state index >= 15 is 0 Å². The second-order valence-electron chi connectivity index (χ2n) is 3.87. The number of likely N-dealkylation sites (tertiary alicyclic amines) is 1. The Hall–Kier alpha value is -1.91. The van der Waals surface area contributed by atoms with Crippen molar-refractivity contribution in [2.45, 2.75) is 19.4 Å². The van der Waals surface area contributed by atoms with Gasteiger partial charge in [0.25, 0.3) is 0 Å². The minimum absolute atomic E-state index is 0.0147. The molecule has 1 aromatic heterocycles. The first kappa shape index (κ1) is 11.6. The third-order valence-corrected chi connectivity index (χ3v) is 2.60. The zero-order valence-corrected chi connectivity index (χ0v) is 9.74. The zero-order valence-electron chi connectivity index (χ0n) is 9.74. The molecule has 5 heteroatoms. The summed E-state index contributed by atoms with van der Waals surface area (Å²) in [4.78, 5) is 13.4. The highest BCUT2D eigenvalue weighted by atomic mass is 16.5. The first-order valence-corrected chi connectivity index (χ1v) is 5.65. The lowest BCUT2D eigenvalue weighted by molar-refractivity contribution is -0.125. The van der Waals surface area contributed by atoms with Crippen molar-refractivity contribution in [3.05, 3.63) is 30.5 Å². The van der Waals surface area contributed by atoms with Gasteiger partial charge in [0.05, 0.1) is 6.54 Å². The van der Waals surface area contributed by atoms with Gasteiger partial charge in [0.1, 0.15) is 6.10 Å². The molecule has 0 radical (unpaired) electrons. The van der Waals surface area contributed by atoms with Crippen LogP contribution in [0.1, 0.15) is 13.3 Å². The van der Waals surface area contributed by atoms with E-state index in [1.165, 1.54) is 0 Å². The van der Waals surface area contributed by atoms with Crippen molar-refractivity contribution >= 4 is 5.91 Å². The summed E-state index contributed by atoms with van der Waals surface area (Å²) in [6, 6.07) is 3.55. The van der Waals surface area contributed by atoms with Gasteiger partial charge in [-0.2, -0.15) is 5.10 Å². The number of aromatic nitrogens is 2. The molecule has 0 N–H and O–H groups in total. The van der Waals surface area contributed by atoms with Gasteiger partial charge in [-0.15, -0.1) is 5.10 Å². The Morgan fingerprint density at radius 2 is 2.53 bits per heavy atom. The molecule has 1 fully saturated rings. The lowest BCUT2D eigenvalue weighted by atomic mass is 10.3. The van der Waals surface area contributed by atoms with Crippen LogP contribution in [0.15, 0.2) is 30.5 Å². The van der Waals surface area contributed by atoms with Crippen molar-refractivity contribution in [2.75, 3.05) is 13.1 Å². The van der Waals surface area contributed by atoms with Gasteiger partial charge >= 0.3 is 0 Å². The number of hydrogen-bond donors (Lipinski definition) is 0. The van der Waals surface area contributed by atoms with Crippen molar-refractivity contribution in [1.82, 2.24) is 15.1 Å². The van der Waals surface area contributed by atoms with Gasteiger partial charge in [-0.1, -0.05) is 6.08 Å². The van der Waals surface area contributed by atoms with Crippen LogP contribution in [-0.2, 0) is 4.79 Å². The molecular formula is C12H15N3O2. The fourth-order valence-electron chi connectivity index (χ4n) is 1.79. The first-order valence-electron chi connectivity index (χ1n) is 5.65. The van der Waals surface area contributed by atoms with E-state index in [2.05, 4.69) is 10.2 Å². The predicted molar refractivity (Wildman–Crippen MR) is 62.5 cm³/mol. The molecule has 2 heterocycles. The average Bonchev–Trinajstić information content (AvgIpc) is 2.79. The monoisotopic (exact) mass is 233 g/mol. The minimum Gasteiger partial charge on any atom is -0.471 e. The summed E-state index contributed by atoms with van der Waals surface area (Å²) in [6.07, 6.45) is 5.77. The number of allylic oxidation sites excluding steroid dienone is 1. The highest BCUT2D eigenvalue weighted by molar-refractivity contribution is 5.87. The summed E-state index contributed by atoms with van der Waals surface area (Å²) in [5, 5.41) is 7.60. The number of hydrogen-bond acceptors (Lipinski definition) is 4. The van der Waals surface area contributed by atoms with Crippen LogP contribution in [-0.4, -0.2) is 40.2 Å². The van der Waals surface area contributed by atoms with Gasteiger partial charge in [-0.3, -0.25) is 4.79 Å². The summed E-state index contributed by atoms with van der Waals surface area (Å²) in [7, 11) is 0. The molecule has 0 unspecified atom stereocenters.